The largest absolute Gasteiger partial charge is 0.789 e. The van der Waals surface area contributed by atoms with Crippen LogP contribution in [0.1, 0.15) is 6.92 Å². The maximum absolute atomic E-state index is 4.56. The Bertz CT molecular complexity index is 30.6. The highest BCUT2D eigenvalue weighted by Crippen LogP contribution is 1.62. The van der Waals surface area contributed by atoms with E-state index in [1.165, 1.54) is 0 Å². The third kappa shape index (κ3) is 4.09. The summed E-state index contributed by atoms with van der Waals surface area (Å²) in [4.78, 5) is 0. The molecule has 0 aliphatic heterocycles. The number of allylic oxidation sites excluding steroid dienone is 1. The van der Waals surface area contributed by atoms with Crippen molar-refractivity contribution in [2.24, 2.45) is 0 Å². The molecule has 1 heteroatoms. The van der Waals surface area contributed by atoms with Crippen molar-refractivity contribution in [3.63, 3.8) is 0 Å². The van der Waals surface area contributed by atoms with Crippen LogP contribution in [0, 0.1) is 0 Å². The summed E-state index contributed by atoms with van der Waals surface area (Å²) in [5, 5.41) is 0. The van der Waals surface area contributed by atoms with Gasteiger partial charge in [-0.2, -0.15) is 5.75 Å². The molecular weight excluding hydrogens is 80.1 g/mol. The van der Waals surface area contributed by atoms with Crippen LogP contribution in [-0.4, -0.2) is 5.75 Å². The molecule has 0 bridgehead atoms. The summed E-state index contributed by atoms with van der Waals surface area (Å²) in [6.45, 7) is 1.96. The second-order valence-corrected chi connectivity index (χ2v) is 1.07. The van der Waals surface area contributed by atoms with Crippen LogP contribution >= 0.6 is 0 Å². The molecule has 0 aromatic rings. The van der Waals surface area contributed by atoms with Gasteiger partial charge >= 0.3 is 0 Å². The summed E-state index contributed by atoms with van der Waals surface area (Å²) < 4.78 is 0. The highest BCUT2D eigenvalue weighted by atomic mass is 32.1. The van der Waals surface area contributed by atoms with E-state index in [0.717, 1.165) is 5.75 Å². The van der Waals surface area contributed by atoms with Crippen LogP contribution in [0.4, 0.5) is 0 Å². The lowest BCUT2D eigenvalue weighted by molar-refractivity contribution is 1.66. The SMILES string of the molecule is C/C=C\C[S-]. The Morgan fingerprint density at radius 3 is 2.40 bits per heavy atom. The van der Waals surface area contributed by atoms with Crippen LogP contribution in [0.2, 0.25) is 0 Å². The molecule has 0 heterocycles. The minimum atomic E-state index is 0.747. The molecule has 0 aliphatic carbocycles. The second-order valence-electron chi connectivity index (χ2n) is 0.736. The summed E-state index contributed by atoms with van der Waals surface area (Å²) in [5.74, 6) is 0.747. The van der Waals surface area contributed by atoms with Gasteiger partial charge in [-0.05, 0) is 6.92 Å². The fourth-order valence-corrected chi connectivity index (χ4v) is 0.289. The highest BCUT2D eigenvalue weighted by Gasteiger charge is 1.41. The molecule has 0 saturated heterocycles. The van der Waals surface area contributed by atoms with Crippen molar-refractivity contribution in [3.05, 3.63) is 12.2 Å². The number of hydrogen-bond acceptors (Lipinski definition) is 1. The topological polar surface area (TPSA) is 0 Å². The zero-order valence-corrected chi connectivity index (χ0v) is 4.09. The van der Waals surface area contributed by atoms with Crippen molar-refractivity contribution in [1.29, 1.82) is 0 Å². The van der Waals surface area contributed by atoms with Crippen LogP contribution < -0.4 is 0 Å². The van der Waals surface area contributed by atoms with E-state index in [1.54, 1.807) is 0 Å². The quantitative estimate of drug-likeness (QED) is 0.341. The Morgan fingerprint density at radius 2 is 2.40 bits per heavy atom. The van der Waals surface area contributed by atoms with Crippen molar-refractivity contribution in [1.82, 2.24) is 0 Å². The van der Waals surface area contributed by atoms with Crippen molar-refractivity contribution in [3.8, 4) is 0 Å². The van der Waals surface area contributed by atoms with Gasteiger partial charge in [0.05, 0.1) is 0 Å². The first-order chi connectivity index (χ1) is 2.41. The van der Waals surface area contributed by atoms with Crippen molar-refractivity contribution >= 4 is 12.6 Å². The number of hydrogen-bond donors (Lipinski definition) is 0. The van der Waals surface area contributed by atoms with E-state index in [9.17, 15) is 0 Å². The summed E-state index contributed by atoms with van der Waals surface area (Å²) in [6.07, 6.45) is 3.89. The standard InChI is InChI=1S/C4H8S/c1-2-3-4-5/h2-3,5H,4H2,1H3/p-1/b3-2-. The van der Waals surface area contributed by atoms with Crippen LogP contribution in [0.3, 0.4) is 0 Å². The Labute approximate surface area is 38.3 Å². The van der Waals surface area contributed by atoms with Crippen LogP contribution in [-0.2, 0) is 12.6 Å². The first kappa shape index (κ1) is 5.09. The molecule has 0 spiro atoms. The van der Waals surface area contributed by atoms with Crippen LogP contribution in [0.5, 0.6) is 0 Å². The molecule has 5 heavy (non-hydrogen) atoms. The summed E-state index contributed by atoms with van der Waals surface area (Å²) in [5.41, 5.74) is 0. The molecule has 0 rings (SSSR count). The normalized spacial score (nSPS) is 10.0. The Kier molecular flexibility index (Phi) is 4.16. The predicted molar refractivity (Wildman–Crippen MR) is 27.0 cm³/mol. The molecule has 0 radical (unpaired) electrons. The average Bonchev–Trinajstić information content (AvgIpc) is 1.41. The molecule has 0 aromatic heterocycles. The molecule has 0 N–H and O–H groups in total. The van der Waals surface area contributed by atoms with E-state index in [2.05, 4.69) is 12.6 Å². The average molecular weight is 87.2 g/mol. The van der Waals surface area contributed by atoms with Gasteiger partial charge in [-0.3, -0.25) is 0 Å². The van der Waals surface area contributed by atoms with E-state index in [4.69, 9.17) is 0 Å². The van der Waals surface area contributed by atoms with Gasteiger partial charge in [-0.15, -0.1) is 6.08 Å². The highest BCUT2D eigenvalue weighted by molar-refractivity contribution is 7.58. The third-order valence-corrected chi connectivity index (χ3v) is 0.524. The van der Waals surface area contributed by atoms with Gasteiger partial charge in [0.25, 0.3) is 0 Å². The zero-order chi connectivity index (χ0) is 4.12. The molecule has 0 aromatic carbocycles. The lowest BCUT2D eigenvalue weighted by Gasteiger charge is -1.85. The molecule has 0 atom stereocenters. The first-order valence-electron chi connectivity index (χ1n) is 1.61. The summed E-state index contributed by atoms with van der Waals surface area (Å²) in [7, 11) is 0. The fraction of sp³-hybridized carbons (Fsp3) is 0.500. The molecule has 0 fully saturated rings. The molecule has 30 valence electrons. The summed E-state index contributed by atoms with van der Waals surface area (Å²) in [6, 6.07) is 0. The van der Waals surface area contributed by atoms with E-state index < -0.39 is 0 Å². The lowest BCUT2D eigenvalue weighted by atomic mass is 10.6. The lowest BCUT2D eigenvalue weighted by Crippen LogP contribution is -1.59. The minimum Gasteiger partial charge on any atom is -0.789 e. The van der Waals surface area contributed by atoms with Gasteiger partial charge in [0, 0.05) is 0 Å². The van der Waals surface area contributed by atoms with E-state index in [-0.39, 0.29) is 0 Å². The van der Waals surface area contributed by atoms with Gasteiger partial charge in [0.1, 0.15) is 0 Å². The van der Waals surface area contributed by atoms with E-state index >= 15 is 0 Å². The second kappa shape index (κ2) is 4.09. The smallest absolute Gasteiger partial charge is 0.0471 e. The number of rotatable bonds is 1. The maximum Gasteiger partial charge on any atom is -0.0471 e. The van der Waals surface area contributed by atoms with Crippen molar-refractivity contribution in [2.75, 3.05) is 5.75 Å². The molecule has 0 nitrogen and oxygen atoms in total. The zero-order valence-electron chi connectivity index (χ0n) is 3.27. The van der Waals surface area contributed by atoms with Gasteiger partial charge < -0.3 is 12.6 Å². The van der Waals surface area contributed by atoms with Crippen molar-refractivity contribution in [2.45, 2.75) is 6.92 Å². The fourth-order valence-electron chi connectivity index (χ4n) is 0.0962. The predicted octanol–water partition coefficient (Wildman–Crippen LogP) is 1.11. The van der Waals surface area contributed by atoms with Crippen molar-refractivity contribution < 1.29 is 0 Å². The summed E-state index contributed by atoms with van der Waals surface area (Å²) >= 11 is 4.56. The van der Waals surface area contributed by atoms with Crippen LogP contribution in [0.15, 0.2) is 12.2 Å². The van der Waals surface area contributed by atoms with Gasteiger partial charge in [-0.1, -0.05) is 6.08 Å². The van der Waals surface area contributed by atoms with Gasteiger partial charge in [-0.25, -0.2) is 0 Å². The molecule has 0 saturated carbocycles. The Balaban J connectivity index is 2.62. The Morgan fingerprint density at radius 1 is 1.80 bits per heavy atom. The maximum atomic E-state index is 4.56. The van der Waals surface area contributed by atoms with E-state index in [0.29, 0.717) is 0 Å². The molecular formula is C4H7S-. The Hall–Kier alpha value is 0.0900. The molecule has 0 unspecified atom stereocenters. The molecule has 0 amide bonds. The van der Waals surface area contributed by atoms with Crippen LogP contribution in [0.25, 0.3) is 0 Å². The molecule has 0 aliphatic rings. The third-order valence-electron chi connectivity index (χ3n) is 0.332. The first-order valence-corrected chi connectivity index (χ1v) is 2.18. The van der Waals surface area contributed by atoms with Gasteiger partial charge in [0.2, 0.25) is 0 Å². The van der Waals surface area contributed by atoms with Gasteiger partial charge in [0.15, 0.2) is 0 Å². The minimum absolute atomic E-state index is 0.747. The monoisotopic (exact) mass is 87.0 g/mol. The van der Waals surface area contributed by atoms with E-state index in [1.807, 2.05) is 19.1 Å².